The van der Waals surface area contributed by atoms with Gasteiger partial charge in [-0.25, -0.2) is 4.79 Å². The van der Waals surface area contributed by atoms with E-state index in [0.717, 1.165) is 30.0 Å². The fourth-order valence-electron chi connectivity index (χ4n) is 2.70. The molecule has 0 N–H and O–H groups in total. The Morgan fingerprint density at radius 1 is 1.08 bits per heavy atom. The van der Waals surface area contributed by atoms with E-state index < -0.39 is 6.16 Å². The number of hydrogen-bond acceptors (Lipinski definition) is 5. The summed E-state index contributed by atoms with van der Waals surface area (Å²) in [6.07, 6.45) is 2.58. The predicted molar refractivity (Wildman–Crippen MR) is 97.7 cm³/mol. The zero-order valence-electron chi connectivity index (χ0n) is 15.3. The highest BCUT2D eigenvalue weighted by molar-refractivity contribution is 5.96. The largest absolute Gasteiger partial charge is 0.513 e. The second-order valence-electron chi connectivity index (χ2n) is 6.07. The van der Waals surface area contributed by atoms with Crippen molar-refractivity contribution in [3.63, 3.8) is 0 Å². The molecule has 0 bridgehead atoms. The van der Waals surface area contributed by atoms with Crippen molar-refractivity contribution in [1.29, 1.82) is 0 Å². The van der Waals surface area contributed by atoms with E-state index >= 15 is 0 Å². The number of hydrogen-bond donors (Lipinski definition) is 0. The van der Waals surface area contributed by atoms with Gasteiger partial charge in [0.15, 0.2) is 11.5 Å². The third kappa shape index (κ3) is 4.78. The van der Waals surface area contributed by atoms with E-state index in [1.54, 1.807) is 20.3 Å². The van der Waals surface area contributed by atoms with Crippen LogP contribution in [0.2, 0.25) is 0 Å². The van der Waals surface area contributed by atoms with Crippen molar-refractivity contribution in [1.82, 2.24) is 0 Å². The van der Waals surface area contributed by atoms with Gasteiger partial charge >= 0.3 is 6.16 Å². The molecule has 0 saturated heterocycles. The average molecular weight is 346 g/mol. The highest BCUT2D eigenvalue weighted by Crippen LogP contribution is 2.41. The number of carbonyl (C=O) groups excluding carboxylic acids is 1. The first-order valence-electron chi connectivity index (χ1n) is 8.59. The van der Waals surface area contributed by atoms with Crippen LogP contribution in [0.4, 0.5) is 4.79 Å². The van der Waals surface area contributed by atoms with Crippen LogP contribution in [0, 0.1) is 5.92 Å². The molecule has 0 fully saturated rings. The fraction of sp³-hybridized carbons (Fsp3) is 0.450. The summed E-state index contributed by atoms with van der Waals surface area (Å²) in [4.78, 5) is 12.1. The van der Waals surface area contributed by atoms with E-state index in [4.69, 9.17) is 18.9 Å². The van der Waals surface area contributed by atoms with Gasteiger partial charge in [-0.1, -0.05) is 51.0 Å². The maximum Gasteiger partial charge on any atom is 0.513 e. The number of fused-ring (bicyclic) bond motifs is 1. The monoisotopic (exact) mass is 346 g/mol. The summed E-state index contributed by atoms with van der Waals surface area (Å²) in [7, 11) is 3.13. The standard InChI is InChI=1S/C20H26O5/c1-5-6-9-14(2)13-24-20(21)25-17-12-18(22-3)19(23-4)16-11-8-7-10-15(16)17/h7-8,10-12,14H,5-6,9,13H2,1-4H3. The number of carbonyl (C=O) groups is 1. The highest BCUT2D eigenvalue weighted by Gasteiger charge is 2.17. The van der Waals surface area contributed by atoms with Crippen LogP contribution in [-0.4, -0.2) is 27.0 Å². The lowest BCUT2D eigenvalue weighted by Crippen LogP contribution is -2.15. The lowest BCUT2D eigenvalue weighted by molar-refractivity contribution is 0.0850. The van der Waals surface area contributed by atoms with Gasteiger partial charge in [-0.15, -0.1) is 0 Å². The van der Waals surface area contributed by atoms with Crippen molar-refractivity contribution < 1.29 is 23.7 Å². The summed E-state index contributed by atoms with van der Waals surface area (Å²) in [5.41, 5.74) is 0. The van der Waals surface area contributed by atoms with Crippen molar-refractivity contribution in [2.45, 2.75) is 33.1 Å². The molecule has 0 aliphatic heterocycles. The third-order valence-corrected chi connectivity index (χ3v) is 4.08. The van der Waals surface area contributed by atoms with E-state index in [0.29, 0.717) is 29.8 Å². The van der Waals surface area contributed by atoms with Crippen molar-refractivity contribution in [2.24, 2.45) is 5.92 Å². The van der Waals surface area contributed by atoms with Gasteiger partial charge in [-0.3, -0.25) is 0 Å². The summed E-state index contributed by atoms with van der Waals surface area (Å²) >= 11 is 0. The Morgan fingerprint density at radius 3 is 2.44 bits per heavy atom. The van der Waals surface area contributed by atoms with Crippen LogP contribution >= 0.6 is 0 Å². The second-order valence-corrected chi connectivity index (χ2v) is 6.07. The Balaban J connectivity index is 2.16. The second kappa shape index (κ2) is 9.16. The van der Waals surface area contributed by atoms with Crippen LogP contribution in [0.25, 0.3) is 10.8 Å². The van der Waals surface area contributed by atoms with Crippen molar-refractivity contribution >= 4 is 16.9 Å². The molecule has 25 heavy (non-hydrogen) atoms. The molecule has 0 saturated carbocycles. The fourth-order valence-corrected chi connectivity index (χ4v) is 2.70. The molecule has 0 heterocycles. The highest BCUT2D eigenvalue weighted by atomic mass is 16.7. The molecule has 5 heteroatoms. The molecule has 5 nitrogen and oxygen atoms in total. The van der Waals surface area contributed by atoms with Crippen LogP contribution in [0.5, 0.6) is 17.2 Å². The molecule has 1 unspecified atom stereocenters. The van der Waals surface area contributed by atoms with Crippen LogP contribution in [0.15, 0.2) is 30.3 Å². The topological polar surface area (TPSA) is 54.0 Å². The smallest absolute Gasteiger partial charge is 0.493 e. The van der Waals surface area contributed by atoms with Gasteiger partial charge in [-0.05, 0) is 12.3 Å². The number of unbranched alkanes of at least 4 members (excludes halogenated alkanes) is 1. The van der Waals surface area contributed by atoms with E-state index in [2.05, 4.69) is 13.8 Å². The molecule has 0 amide bonds. The van der Waals surface area contributed by atoms with Gasteiger partial charge in [0.1, 0.15) is 5.75 Å². The first-order chi connectivity index (χ1) is 12.1. The molecular formula is C20H26O5. The minimum Gasteiger partial charge on any atom is -0.493 e. The van der Waals surface area contributed by atoms with E-state index in [1.807, 2.05) is 24.3 Å². The minimum absolute atomic E-state index is 0.314. The molecule has 1 atom stereocenters. The summed E-state index contributed by atoms with van der Waals surface area (Å²) in [6, 6.07) is 9.16. The Kier molecular flexibility index (Phi) is 6.92. The number of ether oxygens (including phenoxy) is 4. The molecule has 2 aromatic rings. The molecule has 0 radical (unpaired) electrons. The molecule has 0 aromatic heterocycles. The number of methoxy groups -OCH3 is 2. The van der Waals surface area contributed by atoms with Gasteiger partial charge in [0.05, 0.1) is 20.8 Å². The van der Waals surface area contributed by atoms with Gasteiger partial charge < -0.3 is 18.9 Å². The Labute approximate surface area is 148 Å². The van der Waals surface area contributed by atoms with Crippen LogP contribution in [0.3, 0.4) is 0 Å². The van der Waals surface area contributed by atoms with Gasteiger partial charge in [0, 0.05) is 16.8 Å². The van der Waals surface area contributed by atoms with Crippen LogP contribution < -0.4 is 14.2 Å². The molecule has 0 aliphatic carbocycles. The summed E-state index contributed by atoms with van der Waals surface area (Å²) in [5, 5.41) is 1.57. The first kappa shape index (κ1) is 18.9. The zero-order chi connectivity index (χ0) is 18.2. The summed E-state index contributed by atoms with van der Waals surface area (Å²) < 4.78 is 21.5. The SMILES string of the molecule is CCCCC(C)COC(=O)Oc1cc(OC)c(OC)c2ccccc12. The lowest BCUT2D eigenvalue weighted by atomic mass is 10.1. The van der Waals surface area contributed by atoms with Crippen LogP contribution in [0.1, 0.15) is 33.1 Å². The third-order valence-electron chi connectivity index (χ3n) is 4.08. The van der Waals surface area contributed by atoms with Crippen molar-refractivity contribution in [2.75, 3.05) is 20.8 Å². The maximum absolute atomic E-state index is 12.1. The van der Waals surface area contributed by atoms with E-state index in [-0.39, 0.29) is 0 Å². The van der Waals surface area contributed by atoms with Crippen molar-refractivity contribution in [3.05, 3.63) is 30.3 Å². The summed E-state index contributed by atoms with van der Waals surface area (Å²) in [6.45, 7) is 4.56. The lowest BCUT2D eigenvalue weighted by Gasteiger charge is -2.15. The average Bonchev–Trinajstić information content (AvgIpc) is 2.64. The van der Waals surface area contributed by atoms with E-state index in [1.165, 1.54) is 0 Å². The zero-order valence-corrected chi connectivity index (χ0v) is 15.3. The van der Waals surface area contributed by atoms with Crippen LogP contribution in [-0.2, 0) is 4.74 Å². The number of rotatable bonds is 8. The molecule has 0 spiro atoms. The van der Waals surface area contributed by atoms with Gasteiger partial charge in [0.2, 0.25) is 0 Å². The maximum atomic E-state index is 12.1. The molecule has 0 aliphatic rings. The molecule has 2 rings (SSSR count). The minimum atomic E-state index is -0.708. The van der Waals surface area contributed by atoms with Gasteiger partial charge in [0.25, 0.3) is 0 Å². The first-order valence-corrected chi connectivity index (χ1v) is 8.59. The molecule has 136 valence electrons. The Morgan fingerprint density at radius 2 is 1.80 bits per heavy atom. The van der Waals surface area contributed by atoms with E-state index in [9.17, 15) is 4.79 Å². The predicted octanol–water partition coefficient (Wildman–Crippen LogP) is 5.20. The Hall–Kier alpha value is -2.43. The normalized spacial score (nSPS) is 11.8. The van der Waals surface area contributed by atoms with Crippen molar-refractivity contribution in [3.8, 4) is 17.2 Å². The van der Waals surface area contributed by atoms with Gasteiger partial charge in [-0.2, -0.15) is 0 Å². The Bertz CT molecular complexity index is 711. The summed E-state index contributed by atoms with van der Waals surface area (Å²) in [5.74, 6) is 1.81. The molecule has 2 aromatic carbocycles. The molecular weight excluding hydrogens is 320 g/mol. The quantitative estimate of drug-likeness (QED) is 0.486. The number of benzene rings is 2.